The van der Waals surface area contributed by atoms with Crippen LogP contribution in [0, 0.1) is 0 Å². The van der Waals surface area contributed by atoms with Crippen LogP contribution in [-0.4, -0.2) is 51.2 Å². The van der Waals surface area contributed by atoms with E-state index in [-0.39, 0.29) is 6.61 Å². The largest absolute Gasteiger partial charge is 0.448 e. The van der Waals surface area contributed by atoms with Crippen LogP contribution in [0.5, 0.6) is 0 Å². The number of fused-ring (bicyclic) bond motifs is 1. The Labute approximate surface area is 163 Å². The van der Waals surface area contributed by atoms with Gasteiger partial charge in [0.15, 0.2) is 0 Å². The van der Waals surface area contributed by atoms with Crippen LogP contribution in [0.15, 0.2) is 41.4 Å². The zero-order valence-corrected chi connectivity index (χ0v) is 15.9. The zero-order chi connectivity index (χ0) is 18.9. The van der Waals surface area contributed by atoms with Crippen LogP contribution in [0.4, 0.5) is 5.82 Å². The third-order valence-electron chi connectivity index (χ3n) is 4.30. The average molecular weight is 390 g/mol. The number of halogens is 1. The molecule has 144 valence electrons. The highest BCUT2D eigenvalue weighted by atomic mass is 35.5. The summed E-state index contributed by atoms with van der Waals surface area (Å²) in [4.78, 5) is 14.9. The molecule has 27 heavy (non-hydrogen) atoms. The van der Waals surface area contributed by atoms with E-state index in [1.807, 2.05) is 18.2 Å². The van der Waals surface area contributed by atoms with Gasteiger partial charge in [0.05, 0.1) is 24.9 Å². The van der Waals surface area contributed by atoms with Crippen molar-refractivity contribution in [2.45, 2.75) is 25.8 Å². The molecule has 0 saturated heterocycles. The molecule has 2 heterocycles. The molecule has 0 aliphatic carbocycles. The van der Waals surface area contributed by atoms with Gasteiger partial charge in [0, 0.05) is 23.5 Å². The number of rotatable bonds is 11. The summed E-state index contributed by atoms with van der Waals surface area (Å²) < 4.78 is 5.28. The number of anilines is 1. The van der Waals surface area contributed by atoms with E-state index in [9.17, 15) is 5.11 Å². The Hall–Kier alpha value is -2.22. The lowest BCUT2D eigenvalue weighted by Crippen LogP contribution is -2.27. The van der Waals surface area contributed by atoms with Crippen LogP contribution in [0.2, 0.25) is 5.02 Å². The summed E-state index contributed by atoms with van der Waals surface area (Å²) in [6.07, 6.45) is 7.92. The predicted octanol–water partition coefficient (Wildman–Crippen LogP) is 3.35. The van der Waals surface area contributed by atoms with Gasteiger partial charge in [0.25, 0.3) is 0 Å². The van der Waals surface area contributed by atoms with Gasteiger partial charge >= 0.3 is 0 Å². The van der Waals surface area contributed by atoms with Gasteiger partial charge in [-0.05, 0) is 37.6 Å². The van der Waals surface area contributed by atoms with Crippen LogP contribution >= 0.6 is 11.6 Å². The molecular formula is C19H24ClN5O2. The summed E-state index contributed by atoms with van der Waals surface area (Å²) in [6.45, 7) is 3.12. The van der Waals surface area contributed by atoms with E-state index in [0.717, 1.165) is 49.1 Å². The second kappa shape index (κ2) is 10.2. The number of hydrogen-bond acceptors (Lipinski definition) is 7. The number of nitrogens with one attached hydrogen (secondary N) is 1. The minimum Gasteiger partial charge on any atom is -0.448 e. The summed E-state index contributed by atoms with van der Waals surface area (Å²) in [5.41, 5.74) is 0.839. The molecule has 0 amide bonds. The molecule has 0 fully saturated rings. The number of benzene rings is 1. The maximum atomic E-state index is 9.21. The number of hydrogen-bond donors (Lipinski definition) is 2. The van der Waals surface area contributed by atoms with Crippen molar-refractivity contribution in [1.29, 1.82) is 0 Å². The fraction of sp³-hybridized carbons (Fsp3) is 0.421. The lowest BCUT2D eigenvalue weighted by Gasteiger charge is -2.19. The maximum absolute atomic E-state index is 9.21. The van der Waals surface area contributed by atoms with Crippen molar-refractivity contribution in [2.75, 3.05) is 31.6 Å². The molecule has 3 aromatic rings. The van der Waals surface area contributed by atoms with Gasteiger partial charge in [-0.2, -0.15) is 0 Å². The van der Waals surface area contributed by atoms with Crippen molar-refractivity contribution >= 4 is 28.3 Å². The highest BCUT2D eigenvalue weighted by Gasteiger charge is 2.08. The van der Waals surface area contributed by atoms with Gasteiger partial charge in [-0.15, -0.1) is 0 Å². The van der Waals surface area contributed by atoms with E-state index in [1.54, 1.807) is 18.8 Å². The molecule has 8 heteroatoms. The summed E-state index contributed by atoms with van der Waals surface area (Å²) in [5.74, 6) is 1.52. The normalized spacial score (nSPS) is 11.4. The molecule has 0 unspecified atom stereocenters. The van der Waals surface area contributed by atoms with E-state index in [4.69, 9.17) is 16.0 Å². The molecule has 0 aliphatic heterocycles. The second-order valence-corrected chi connectivity index (χ2v) is 6.73. The summed E-state index contributed by atoms with van der Waals surface area (Å²) in [6, 6.07) is 5.63. The Bertz CT molecular complexity index is 828. The Morgan fingerprint density at radius 1 is 1.11 bits per heavy atom. The first kappa shape index (κ1) is 19.5. The average Bonchev–Trinajstić information content (AvgIpc) is 3.17. The van der Waals surface area contributed by atoms with Crippen molar-refractivity contribution in [3.8, 4) is 0 Å². The van der Waals surface area contributed by atoms with Crippen molar-refractivity contribution < 1.29 is 9.52 Å². The van der Waals surface area contributed by atoms with Crippen molar-refractivity contribution in [1.82, 2.24) is 19.9 Å². The lowest BCUT2D eigenvalue weighted by molar-refractivity contribution is 0.176. The minimum atomic E-state index is 0.132. The molecule has 2 aromatic heterocycles. The van der Waals surface area contributed by atoms with Gasteiger partial charge < -0.3 is 14.8 Å². The molecule has 0 spiro atoms. The van der Waals surface area contributed by atoms with E-state index < -0.39 is 0 Å². The first-order chi connectivity index (χ1) is 13.3. The fourth-order valence-electron chi connectivity index (χ4n) is 2.95. The van der Waals surface area contributed by atoms with E-state index >= 15 is 0 Å². The van der Waals surface area contributed by atoms with Crippen LogP contribution in [0.3, 0.4) is 0 Å². The molecule has 2 N–H and O–H groups in total. The number of aliphatic hydroxyl groups is 1. The molecule has 7 nitrogen and oxygen atoms in total. The number of oxazole rings is 1. The molecule has 0 bridgehead atoms. The monoisotopic (exact) mass is 389 g/mol. The zero-order valence-electron chi connectivity index (χ0n) is 15.1. The van der Waals surface area contributed by atoms with E-state index in [1.165, 1.54) is 0 Å². The number of unbranched alkanes of at least 4 members (excludes halogenated alkanes) is 2. The summed E-state index contributed by atoms with van der Waals surface area (Å²) in [5, 5.41) is 14.2. The third kappa shape index (κ3) is 5.89. The Balaban J connectivity index is 1.40. The second-order valence-electron chi connectivity index (χ2n) is 6.30. The number of nitrogens with zero attached hydrogens (tertiary/aromatic N) is 4. The van der Waals surface area contributed by atoms with Gasteiger partial charge in [0.1, 0.15) is 18.4 Å². The third-order valence-corrected chi connectivity index (χ3v) is 4.54. The fourth-order valence-corrected chi connectivity index (χ4v) is 3.12. The van der Waals surface area contributed by atoms with E-state index in [0.29, 0.717) is 24.0 Å². The van der Waals surface area contributed by atoms with Crippen LogP contribution in [0.1, 0.15) is 25.2 Å². The Kier molecular flexibility index (Phi) is 7.38. The van der Waals surface area contributed by atoms with Gasteiger partial charge in [-0.1, -0.05) is 18.0 Å². The van der Waals surface area contributed by atoms with Crippen molar-refractivity contribution in [3.63, 3.8) is 0 Å². The quantitative estimate of drug-likeness (QED) is 0.486. The standard InChI is InChI=1S/C19H24ClN5O2/c20-15-4-5-16-17(12-15)23-14-24-19(16)22-6-2-1-3-8-25(9-10-26)13-18-21-7-11-27-18/h4-5,7,11-12,14,26H,1-3,6,8-10,13H2,(H,22,23,24). The first-order valence-corrected chi connectivity index (χ1v) is 9.50. The van der Waals surface area contributed by atoms with E-state index in [2.05, 4.69) is 25.2 Å². The van der Waals surface area contributed by atoms with Gasteiger partial charge in [-0.25, -0.2) is 15.0 Å². The highest BCUT2D eigenvalue weighted by Crippen LogP contribution is 2.22. The van der Waals surface area contributed by atoms with Crippen LogP contribution in [0.25, 0.3) is 10.9 Å². The number of aromatic nitrogens is 3. The Morgan fingerprint density at radius 3 is 2.85 bits per heavy atom. The minimum absolute atomic E-state index is 0.132. The lowest BCUT2D eigenvalue weighted by atomic mass is 10.2. The van der Waals surface area contributed by atoms with Crippen LogP contribution < -0.4 is 5.32 Å². The molecule has 0 atom stereocenters. The molecule has 1 aromatic carbocycles. The smallest absolute Gasteiger partial charge is 0.208 e. The molecule has 3 rings (SSSR count). The van der Waals surface area contributed by atoms with Crippen LogP contribution in [-0.2, 0) is 6.54 Å². The summed E-state index contributed by atoms with van der Waals surface area (Å²) >= 11 is 6.01. The molecular weight excluding hydrogens is 366 g/mol. The topological polar surface area (TPSA) is 87.3 Å². The highest BCUT2D eigenvalue weighted by molar-refractivity contribution is 6.31. The molecule has 0 saturated carbocycles. The van der Waals surface area contributed by atoms with Crippen molar-refractivity contribution in [2.24, 2.45) is 0 Å². The van der Waals surface area contributed by atoms with Gasteiger partial charge in [0.2, 0.25) is 5.89 Å². The Morgan fingerprint density at radius 2 is 2.04 bits per heavy atom. The summed E-state index contributed by atoms with van der Waals surface area (Å²) in [7, 11) is 0. The van der Waals surface area contributed by atoms with Crippen molar-refractivity contribution in [3.05, 3.63) is 47.9 Å². The maximum Gasteiger partial charge on any atom is 0.208 e. The molecule has 0 aliphatic rings. The predicted molar refractivity (Wildman–Crippen MR) is 106 cm³/mol. The SMILES string of the molecule is OCCN(CCCCCNc1ncnc2cc(Cl)ccc12)Cc1ncco1. The van der Waals surface area contributed by atoms with Gasteiger partial charge in [-0.3, -0.25) is 4.90 Å². The first-order valence-electron chi connectivity index (χ1n) is 9.12. The number of aliphatic hydroxyl groups excluding tert-OH is 1. The molecule has 0 radical (unpaired) electrons.